The molecule has 3 aromatic rings. The van der Waals surface area contributed by atoms with Gasteiger partial charge in [-0.3, -0.25) is 0 Å². The summed E-state index contributed by atoms with van der Waals surface area (Å²) in [7, 11) is 0. The number of carbonyl (C=O) groups excluding carboxylic acids is 1. The summed E-state index contributed by atoms with van der Waals surface area (Å²) in [5.41, 5.74) is 6.38. The molecule has 1 aliphatic rings. The first kappa shape index (κ1) is 22.1. The predicted molar refractivity (Wildman–Crippen MR) is 120 cm³/mol. The highest BCUT2D eigenvalue weighted by Crippen LogP contribution is 2.37. The minimum Gasteiger partial charge on any atom is -0.446 e. The first-order chi connectivity index (χ1) is 15.1. The number of furan rings is 1. The fraction of sp³-hybridized carbons (Fsp3) is 0.100. The molecule has 1 aliphatic heterocycles. The first-order valence-corrected chi connectivity index (χ1v) is 10.1. The predicted octanol–water partition coefficient (Wildman–Crippen LogP) is 5.98. The molecule has 32 heavy (non-hydrogen) atoms. The quantitative estimate of drug-likeness (QED) is 0.209. The van der Waals surface area contributed by atoms with Gasteiger partial charge in [-0.15, -0.1) is 0 Å². The van der Waals surface area contributed by atoms with Crippen molar-refractivity contribution in [3.8, 4) is 0 Å². The van der Waals surface area contributed by atoms with Crippen LogP contribution in [0.5, 0.6) is 0 Å². The number of nitrogens with one attached hydrogen (secondary N) is 2. The summed E-state index contributed by atoms with van der Waals surface area (Å²) in [5, 5.41) is 4.53. The van der Waals surface area contributed by atoms with Gasteiger partial charge in [-0.1, -0.05) is 0 Å². The van der Waals surface area contributed by atoms with Crippen LogP contribution in [0.2, 0.25) is 0 Å². The average molecular weight is 559 g/mol. The Balaban J connectivity index is 1.46. The zero-order chi connectivity index (χ0) is 23.0. The molecule has 4 rings (SSSR count). The number of amidine groups is 1. The van der Waals surface area contributed by atoms with Gasteiger partial charge in [0, 0.05) is 34.0 Å². The number of carbonyl (C=O) groups is 1. The fourth-order valence-electron chi connectivity index (χ4n) is 3.07. The van der Waals surface area contributed by atoms with E-state index in [1.165, 1.54) is 6.26 Å². The molecule has 4 N–H and O–H groups in total. The summed E-state index contributed by atoms with van der Waals surface area (Å²) < 4.78 is 58.1. The normalized spacial score (nSPS) is 15.8. The monoisotopic (exact) mass is 559 g/mol. The highest BCUT2D eigenvalue weighted by molar-refractivity contribution is 14.1. The molecule has 1 atom stereocenters. The molecule has 0 bridgehead atoms. The number of benzene rings is 2. The molecule has 166 valence electrons. The number of alkyl halides is 3. The van der Waals surface area contributed by atoms with Gasteiger partial charge in [-0.2, -0.15) is 18.2 Å². The molecule has 0 saturated carbocycles. The molecular weight excluding hydrogens is 545 g/mol. The molecule has 0 radical (unpaired) electrons. The zero-order valence-corrected chi connectivity index (χ0v) is 18.1. The van der Waals surface area contributed by atoms with E-state index in [0.717, 1.165) is 5.56 Å². The maximum absolute atomic E-state index is 13.8. The second-order valence-electron chi connectivity index (χ2n) is 6.70. The Morgan fingerprint density at radius 3 is 2.53 bits per heavy atom. The molecule has 2 amide bonds. The number of hydrogen-bond donors (Lipinski definition) is 3. The summed E-state index contributed by atoms with van der Waals surface area (Å²) in [6, 6.07) is 9.10. The van der Waals surface area contributed by atoms with E-state index in [0.29, 0.717) is 39.3 Å². The lowest BCUT2D eigenvalue weighted by atomic mass is 10.2. The molecule has 2 aromatic carbocycles. The van der Waals surface area contributed by atoms with Gasteiger partial charge in [0.2, 0.25) is 5.88 Å². The minimum atomic E-state index is -4.66. The van der Waals surface area contributed by atoms with E-state index in [1.807, 2.05) is 22.6 Å². The number of halogens is 5. The Hall–Kier alpha value is -3.13. The maximum Gasteiger partial charge on any atom is 0.416 e. The van der Waals surface area contributed by atoms with Crippen molar-refractivity contribution >= 4 is 55.4 Å². The summed E-state index contributed by atoms with van der Waals surface area (Å²) in [5.74, 6) is -0.551. The maximum atomic E-state index is 13.8. The molecular formula is C20H14F4IN5O2. The van der Waals surface area contributed by atoms with Gasteiger partial charge in [0.05, 0.1) is 23.1 Å². The lowest BCUT2D eigenvalue weighted by molar-refractivity contribution is -0.137. The van der Waals surface area contributed by atoms with Crippen LogP contribution in [0.4, 0.5) is 45.3 Å². The molecule has 0 saturated heterocycles. The van der Waals surface area contributed by atoms with Crippen molar-refractivity contribution in [1.82, 2.24) is 0 Å². The molecule has 12 heteroatoms. The SMILES string of the molecule is NC1c2ccoc2N=C(I)N1c1ccc(NC(=O)Nc2cc(C(F)(F)F)ccc2F)cc1. The van der Waals surface area contributed by atoms with Crippen molar-refractivity contribution in [3.05, 3.63) is 71.7 Å². The van der Waals surface area contributed by atoms with Crippen molar-refractivity contribution in [2.24, 2.45) is 10.7 Å². The second-order valence-corrected chi connectivity index (χ2v) is 7.66. The van der Waals surface area contributed by atoms with Crippen molar-refractivity contribution in [1.29, 1.82) is 0 Å². The minimum absolute atomic E-state index is 0.333. The van der Waals surface area contributed by atoms with Gasteiger partial charge in [-0.25, -0.2) is 9.18 Å². The first-order valence-electron chi connectivity index (χ1n) is 9.04. The van der Waals surface area contributed by atoms with Crippen molar-refractivity contribution in [2.45, 2.75) is 12.3 Å². The van der Waals surface area contributed by atoms with Gasteiger partial charge in [0.15, 0.2) is 3.84 Å². The van der Waals surface area contributed by atoms with Gasteiger partial charge in [-0.05, 0) is 48.5 Å². The number of fused-ring (bicyclic) bond motifs is 1. The zero-order valence-electron chi connectivity index (χ0n) is 16.0. The molecule has 0 aliphatic carbocycles. The third kappa shape index (κ3) is 4.41. The average Bonchev–Trinajstić information content (AvgIpc) is 3.18. The molecule has 1 unspecified atom stereocenters. The Morgan fingerprint density at radius 1 is 1.12 bits per heavy atom. The van der Waals surface area contributed by atoms with Crippen molar-refractivity contribution < 1.29 is 26.8 Å². The van der Waals surface area contributed by atoms with Gasteiger partial charge >= 0.3 is 12.2 Å². The topological polar surface area (TPSA) is 95.9 Å². The summed E-state index contributed by atoms with van der Waals surface area (Å²) in [6.07, 6.45) is -3.69. The molecule has 2 heterocycles. The number of anilines is 3. The van der Waals surface area contributed by atoms with Crippen LogP contribution < -0.4 is 21.3 Å². The second kappa shape index (κ2) is 8.43. The van der Waals surface area contributed by atoms with Crippen LogP contribution in [0.1, 0.15) is 17.3 Å². The summed E-state index contributed by atoms with van der Waals surface area (Å²) >= 11 is 2.02. The Morgan fingerprint density at radius 2 is 1.84 bits per heavy atom. The van der Waals surface area contributed by atoms with Crippen LogP contribution in [0.3, 0.4) is 0 Å². The standard InChI is InChI=1S/C20H14F4IN5O2/c21-14-6-1-10(20(22,23)24)9-15(14)28-19(31)27-11-2-4-12(5-3-11)30-16(26)13-7-8-32-17(13)29-18(30)25/h1-9,16H,26H2,(H2,27,28,31). The van der Waals surface area contributed by atoms with E-state index in [-0.39, 0.29) is 0 Å². The highest BCUT2D eigenvalue weighted by atomic mass is 127. The summed E-state index contributed by atoms with van der Waals surface area (Å²) in [4.78, 5) is 18.3. The summed E-state index contributed by atoms with van der Waals surface area (Å²) in [6.45, 7) is 0. The van der Waals surface area contributed by atoms with Crippen molar-refractivity contribution in [2.75, 3.05) is 15.5 Å². The van der Waals surface area contributed by atoms with E-state index in [4.69, 9.17) is 10.2 Å². The third-order valence-electron chi connectivity index (χ3n) is 4.61. The van der Waals surface area contributed by atoms with Crippen LogP contribution in [0.15, 0.2) is 64.2 Å². The lowest BCUT2D eigenvalue weighted by Gasteiger charge is -2.31. The molecule has 0 spiro atoms. The number of urea groups is 1. The van der Waals surface area contributed by atoms with E-state index < -0.39 is 35.4 Å². The lowest BCUT2D eigenvalue weighted by Crippen LogP contribution is -2.38. The van der Waals surface area contributed by atoms with Crippen LogP contribution in [0.25, 0.3) is 0 Å². The highest BCUT2D eigenvalue weighted by Gasteiger charge is 2.31. The van der Waals surface area contributed by atoms with E-state index >= 15 is 0 Å². The van der Waals surface area contributed by atoms with Gasteiger partial charge in [0.25, 0.3) is 0 Å². The smallest absolute Gasteiger partial charge is 0.416 e. The Bertz CT molecular complexity index is 1190. The number of rotatable bonds is 3. The van der Waals surface area contributed by atoms with Gasteiger partial charge < -0.3 is 25.7 Å². The number of nitrogens with two attached hydrogens (primary N) is 1. The van der Waals surface area contributed by atoms with Gasteiger partial charge in [0.1, 0.15) is 12.0 Å². The van der Waals surface area contributed by atoms with E-state index in [9.17, 15) is 22.4 Å². The number of amides is 2. The molecule has 7 nitrogen and oxygen atoms in total. The van der Waals surface area contributed by atoms with E-state index in [2.05, 4.69) is 15.6 Å². The largest absolute Gasteiger partial charge is 0.446 e. The van der Waals surface area contributed by atoms with Crippen molar-refractivity contribution in [3.63, 3.8) is 0 Å². The number of hydrogen-bond acceptors (Lipinski definition) is 5. The van der Waals surface area contributed by atoms with Crippen LogP contribution in [0, 0.1) is 5.82 Å². The molecule has 1 aromatic heterocycles. The van der Waals surface area contributed by atoms with Crippen LogP contribution in [-0.4, -0.2) is 9.87 Å². The van der Waals surface area contributed by atoms with Crippen LogP contribution in [-0.2, 0) is 6.18 Å². The number of nitrogens with zero attached hydrogens (tertiary/aromatic N) is 2. The number of aliphatic imine (C=N–C) groups is 1. The van der Waals surface area contributed by atoms with E-state index in [1.54, 1.807) is 35.2 Å². The fourth-order valence-corrected chi connectivity index (χ4v) is 3.87. The Kier molecular flexibility index (Phi) is 5.81. The van der Waals surface area contributed by atoms with Crippen LogP contribution >= 0.6 is 22.6 Å². The third-order valence-corrected chi connectivity index (χ3v) is 5.37. The Labute approximate surface area is 192 Å². The molecule has 0 fully saturated rings.